The molecule has 4 nitrogen and oxygen atoms in total. The molecule has 0 unspecified atom stereocenters. The van der Waals surface area contributed by atoms with Gasteiger partial charge in [0.25, 0.3) is 0 Å². The molecular weight excluding hydrogens is 350 g/mol. The molecule has 1 atom stereocenters. The number of amides is 1. The van der Waals surface area contributed by atoms with Gasteiger partial charge < -0.3 is 10.4 Å². The lowest BCUT2D eigenvalue weighted by molar-refractivity contribution is -0.142. The van der Waals surface area contributed by atoms with Gasteiger partial charge in [0.15, 0.2) is 0 Å². The lowest BCUT2D eigenvalue weighted by Crippen LogP contribution is -2.41. The molecule has 0 heterocycles. The number of carboxylic acids is 1. The van der Waals surface area contributed by atoms with E-state index in [-0.39, 0.29) is 11.8 Å². The zero-order valence-corrected chi connectivity index (χ0v) is 18.2. The maximum Gasteiger partial charge on any atom is 0.326 e. The first-order chi connectivity index (χ1) is 13.5. The lowest BCUT2D eigenvalue weighted by atomic mass is 10.0. The molecule has 0 aliphatic carbocycles. The normalized spacial score (nSPS) is 13.1. The SMILES string of the molecule is CC/C=C/C/C=C/C/C=C/CCCCCCCC(=O)N[C@@H](CC(C)C)C(=O)O. The van der Waals surface area contributed by atoms with Crippen LogP contribution in [0.15, 0.2) is 36.5 Å². The van der Waals surface area contributed by atoms with Crippen LogP contribution in [0.5, 0.6) is 0 Å². The van der Waals surface area contributed by atoms with E-state index in [0.717, 1.165) is 44.9 Å². The Morgan fingerprint density at radius 1 is 0.857 bits per heavy atom. The molecule has 0 bridgehead atoms. The summed E-state index contributed by atoms with van der Waals surface area (Å²) in [6.45, 7) is 6.06. The molecule has 0 rings (SSSR count). The van der Waals surface area contributed by atoms with Crippen molar-refractivity contribution in [1.82, 2.24) is 5.32 Å². The molecule has 1 amide bonds. The maximum atomic E-state index is 11.9. The average molecular weight is 392 g/mol. The highest BCUT2D eigenvalue weighted by atomic mass is 16.4. The van der Waals surface area contributed by atoms with Crippen molar-refractivity contribution in [3.63, 3.8) is 0 Å². The molecule has 0 spiro atoms. The lowest BCUT2D eigenvalue weighted by Gasteiger charge is -2.16. The largest absolute Gasteiger partial charge is 0.480 e. The van der Waals surface area contributed by atoms with Gasteiger partial charge in [-0.15, -0.1) is 0 Å². The minimum absolute atomic E-state index is 0.144. The molecule has 0 aromatic heterocycles. The van der Waals surface area contributed by atoms with Crippen LogP contribution in [0.1, 0.15) is 91.4 Å². The predicted molar refractivity (Wildman–Crippen MR) is 118 cm³/mol. The van der Waals surface area contributed by atoms with E-state index in [9.17, 15) is 9.59 Å². The van der Waals surface area contributed by atoms with Crippen LogP contribution in [0.3, 0.4) is 0 Å². The molecule has 28 heavy (non-hydrogen) atoms. The van der Waals surface area contributed by atoms with Crippen molar-refractivity contribution in [2.24, 2.45) is 5.92 Å². The van der Waals surface area contributed by atoms with E-state index in [0.29, 0.717) is 12.8 Å². The van der Waals surface area contributed by atoms with Crippen molar-refractivity contribution in [2.75, 3.05) is 0 Å². The van der Waals surface area contributed by atoms with Crippen molar-refractivity contribution < 1.29 is 14.7 Å². The molecule has 2 N–H and O–H groups in total. The molecule has 0 aromatic carbocycles. The molecule has 0 aliphatic rings. The summed E-state index contributed by atoms with van der Waals surface area (Å²) in [5.41, 5.74) is 0. The smallest absolute Gasteiger partial charge is 0.326 e. The molecule has 0 aromatic rings. The topological polar surface area (TPSA) is 66.4 Å². The number of unbranched alkanes of at least 4 members (excludes halogenated alkanes) is 5. The molecule has 160 valence electrons. The fraction of sp³-hybridized carbons (Fsp3) is 0.667. The third kappa shape index (κ3) is 17.6. The van der Waals surface area contributed by atoms with Crippen LogP contribution in [0, 0.1) is 5.92 Å². The van der Waals surface area contributed by atoms with Gasteiger partial charge in [-0.05, 0) is 50.9 Å². The second kappa shape index (κ2) is 18.5. The number of carboxylic acid groups (broad SMARTS) is 1. The number of hydrogen-bond donors (Lipinski definition) is 2. The van der Waals surface area contributed by atoms with Gasteiger partial charge in [0.2, 0.25) is 5.91 Å². The molecular formula is C24H41NO3. The van der Waals surface area contributed by atoms with E-state index in [2.05, 4.69) is 48.7 Å². The summed E-state index contributed by atoms with van der Waals surface area (Å²) >= 11 is 0. The molecule has 0 saturated heterocycles. The van der Waals surface area contributed by atoms with Gasteiger partial charge in [0.1, 0.15) is 6.04 Å². The van der Waals surface area contributed by atoms with Gasteiger partial charge in [-0.1, -0.05) is 76.5 Å². The molecule has 0 saturated carbocycles. The fourth-order valence-electron chi connectivity index (χ4n) is 2.86. The van der Waals surface area contributed by atoms with Crippen LogP contribution in [-0.4, -0.2) is 23.0 Å². The second-order valence-electron chi connectivity index (χ2n) is 7.69. The standard InChI is InChI=1S/C24H41NO3/c1-4-5-6-7-8-9-10-11-12-13-14-15-16-17-18-19-23(26)25-22(24(27)28)20-21(2)3/h5-6,8-9,11-12,21-22H,4,7,10,13-20H2,1-3H3,(H,25,26)(H,27,28)/b6-5+,9-8+,12-11+/t22-/m0/s1. The zero-order valence-electron chi connectivity index (χ0n) is 18.2. The Kier molecular flexibility index (Phi) is 17.3. The molecule has 0 fully saturated rings. The van der Waals surface area contributed by atoms with Gasteiger partial charge >= 0.3 is 5.97 Å². The molecule has 0 aliphatic heterocycles. The van der Waals surface area contributed by atoms with E-state index < -0.39 is 12.0 Å². The van der Waals surface area contributed by atoms with Crippen molar-refractivity contribution >= 4 is 11.9 Å². The zero-order chi connectivity index (χ0) is 21.0. The van der Waals surface area contributed by atoms with Crippen LogP contribution in [0.25, 0.3) is 0 Å². The van der Waals surface area contributed by atoms with Gasteiger partial charge in [-0.25, -0.2) is 4.79 Å². The van der Waals surface area contributed by atoms with Crippen LogP contribution in [-0.2, 0) is 9.59 Å². The van der Waals surface area contributed by atoms with E-state index >= 15 is 0 Å². The van der Waals surface area contributed by atoms with Crippen molar-refractivity contribution in [3.8, 4) is 0 Å². The first-order valence-corrected chi connectivity index (χ1v) is 10.9. The van der Waals surface area contributed by atoms with Crippen molar-refractivity contribution in [2.45, 2.75) is 97.4 Å². The second-order valence-corrected chi connectivity index (χ2v) is 7.69. The van der Waals surface area contributed by atoms with Crippen LogP contribution in [0.4, 0.5) is 0 Å². The molecule has 0 radical (unpaired) electrons. The Morgan fingerprint density at radius 2 is 1.43 bits per heavy atom. The first kappa shape index (κ1) is 26.2. The fourth-order valence-corrected chi connectivity index (χ4v) is 2.86. The third-order valence-electron chi connectivity index (χ3n) is 4.40. The number of allylic oxidation sites excluding steroid dienone is 6. The van der Waals surface area contributed by atoms with Gasteiger partial charge in [0, 0.05) is 6.42 Å². The van der Waals surface area contributed by atoms with E-state index in [4.69, 9.17) is 5.11 Å². The van der Waals surface area contributed by atoms with Crippen molar-refractivity contribution in [1.29, 1.82) is 0 Å². The minimum Gasteiger partial charge on any atom is -0.480 e. The summed E-state index contributed by atoms with van der Waals surface area (Å²) in [6, 6.07) is -0.762. The number of aliphatic carboxylic acids is 1. The summed E-state index contributed by atoms with van der Waals surface area (Å²) in [5, 5.41) is 11.8. The highest BCUT2D eigenvalue weighted by Gasteiger charge is 2.20. The number of carbonyl (C=O) groups is 2. The summed E-state index contributed by atoms with van der Waals surface area (Å²) in [4.78, 5) is 23.0. The minimum atomic E-state index is -0.945. The Hall–Kier alpha value is -1.84. The number of rotatable bonds is 17. The van der Waals surface area contributed by atoms with Crippen LogP contribution in [0.2, 0.25) is 0 Å². The Bertz CT molecular complexity index is 492. The predicted octanol–water partition coefficient (Wildman–Crippen LogP) is 6.19. The highest BCUT2D eigenvalue weighted by Crippen LogP contribution is 2.09. The highest BCUT2D eigenvalue weighted by molar-refractivity contribution is 5.83. The summed E-state index contributed by atoms with van der Waals surface area (Å²) < 4.78 is 0. The Morgan fingerprint density at radius 3 is 2.04 bits per heavy atom. The van der Waals surface area contributed by atoms with E-state index in [1.807, 2.05) is 13.8 Å². The van der Waals surface area contributed by atoms with Gasteiger partial charge in [0.05, 0.1) is 0 Å². The Labute approximate surface area is 172 Å². The number of hydrogen-bond acceptors (Lipinski definition) is 2. The first-order valence-electron chi connectivity index (χ1n) is 10.9. The third-order valence-corrected chi connectivity index (χ3v) is 4.40. The van der Waals surface area contributed by atoms with Gasteiger partial charge in [-0.3, -0.25) is 4.79 Å². The van der Waals surface area contributed by atoms with E-state index in [1.165, 1.54) is 12.8 Å². The van der Waals surface area contributed by atoms with Crippen molar-refractivity contribution in [3.05, 3.63) is 36.5 Å². The maximum absolute atomic E-state index is 11.9. The van der Waals surface area contributed by atoms with Gasteiger partial charge in [-0.2, -0.15) is 0 Å². The summed E-state index contributed by atoms with van der Waals surface area (Å²) in [7, 11) is 0. The Balaban J connectivity index is 3.60. The summed E-state index contributed by atoms with van der Waals surface area (Å²) in [5.74, 6) is -0.845. The van der Waals surface area contributed by atoms with Crippen LogP contribution < -0.4 is 5.32 Å². The average Bonchev–Trinajstić information content (AvgIpc) is 2.64. The monoisotopic (exact) mass is 391 g/mol. The number of nitrogens with one attached hydrogen (secondary N) is 1. The quantitative estimate of drug-likeness (QED) is 0.229. The molecule has 4 heteroatoms. The van der Waals surface area contributed by atoms with Crippen LogP contribution >= 0.6 is 0 Å². The number of carbonyl (C=O) groups excluding carboxylic acids is 1. The van der Waals surface area contributed by atoms with E-state index in [1.54, 1.807) is 0 Å². The summed E-state index contributed by atoms with van der Waals surface area (Å²) in [6.07, 6.45) is 23.7.